The molecule has 7 heteroatoms. The van der Waals surface area contributed by atoms with Crippen molar-refractivity contribution in [3.8, 4) is 6.07 Å². The average Bonchev–Trinajstić information content (AvgIpc) is 2.67. The highest BCUT2D eigenvalue weighted by molar-refractivity contribution is 6.05. The van der Waals surface area contributed by atoms with Crippen molar-refractivity contribution in [2.24, 2.45) is 5.92 Å². The molecule has 26 heavy (non-hydrogen) atoms. The van der Waals surface area contributed by atoms with Gasteiger partial charge in [0.15, 0.2) is 11.5 Å². The second-order valence-corrected chi connectivity index (χ2v) is 6.39. The van der Waals surface area contributed by atoms with Crippen LogP contribution in [0.25, 0.3) is 0 Å². The minimum atomic E-state index is -0.403. The number of amides is 1. The molecule has 0 bridgehead atoms. The Morgan fingerprint density at radius 1 is 1.27 bits per heavy atom. The number of aromatic nitrogens is 2. The number of nitrogens with zero attached hydrogens (tertiary/aromatic N) is 3. The minimum Gasteiger partial charge on any atom is -0.393 e. The molecule has 0 aliphatic heterocycles. The van der Waals surface area contributed by atoms with E-state index in [0.717, 1.165) is 25.7 Å². The zero-order chi connectivity index (χ0) is 18.4. The van der Waals surface area contributed by atoms with E-state index < -0.39 is 5.91 Å². The van der Waals surface area contributed by atoms with Crippen molar-refractivity contribution in [1.29, 1.82) is 5.26 Å². The maximum absolute atomic E-state index is 12.6. The van der Waals surface area contributed by atoms with Crippen LogP contribution in [0.5, 0.6) is 0 Å². The molecular weight excluding hydrogens is 330 g/mol. The number of aliphatic hydroxyl groups is 1. The molecule has 1 aliphatic rings. The van der Waals surface area contributed by atoms with Gasteiger partial charge in [-0.2, -0.15) is 5.26 Å². The van der Waals surface area contributed by atoms with Gasteiger partial charge in [0, 0.05) is 30.5 Å². The van der Waals surface area contributed by atoms with Gasteiger partial charge in [-0.05, 0) is 31.0 Å². The molecule has 0 saturated heterocycles. The zero-order valence-corrected chi connectivity index (χ0v) is 14.4. The summed E-state index contributed by atoms with van der Waals surface area (Å²) in [5.74, 6) is 0.132. The number of nitrogens with one attached hydrogen (secondary N) is 2. The predicted octanol–water partition coefficient (Wildman–Crippen LogP) is 2.56. The Balaban J connectivity index is 1.69. The van der Waals surface area contributed by atoms with Crippen LogP contribution in [0.1, 0.15) is 41.7 Å². The highest BCUT2D eigenvalue weighted by atomic mass is 16.3. The summed E-state index contributed by atoms with van der Waals surface area (Å²) in [6.45, 7) is 0.546. The fraction of sp³-hybridized carbons (Fsp3) is 0.368. The fourth-order valence-corrected chi connectivity index (χ4v) is 3.14. The summed E-state index contributed by atoms with van der Waals surface area (Å²) in [5.41, 5.74) is 1.17. The molecule has 1 amide bonds. The SMILES string of the molecule is N#Cc1cccc(NC(=O)c2nccnc2NCC2CCCCC2O)c1. The molecule has 1 aliphatic carbocycles. The Labute approximate surface area is 152 Å². The predicted molar refractivity (Wildman–Crippen MR) is 97.6 cm³/mol. The summed E-state index contributed by atoms with van der Waals surface area (Å²) in [5, 5.41) is 24.9. The van der Waals surface area contributed by atoms with Crippen LogP contribution >= 0.6 is 0 Å². The first kappa shape index (κ1) is 17.8. The highest BCUT2D eigenvalue weighted by Gasteiger charge is 2.23. The van der Waals surface area contributed by atoms with Crippen molar-refractivity contribution >= 4 is 17.4 Å². The number of carbonyl (C=O) groups excluding carboxylic acids is 1. The standard InChI is InChI=1S/C19H21N5O2/c20-11-13-4-3-6-15(10-13)24-19(26)17-18(22-9-8-21-17)23-12-14-5-1-2-7-16(14)25/h3-4,6,8-10,14,16,25H,1-2,5,7,12H2,(H,22,23)(H,24,26). The van der Waals surface area contributed by atoms with Gasteiger partial charge in [0.05, 0.1) is 17.7 Å². The lowest BCUT2D eigenvalue weighted by Crippen LogP contribution is -2.31. The van der Waals surface area contributed by atoms with E-state index in [9.17, 15) is 9.90 Å². The highest BCUT2D eigenvalue weighted by Crippen LogP contribution is 2.25. The van der Waals surface area contributed by atoms with Crippen LogP contribution in [0, 0.1) is 17.2 Å². The van der Waals surface area contributed by atoms with Crippen molar-refractivity contribution in [2.45, 2.75) is 31.8 Å². The number of benzene rings is 1. The Kier molecular flexibility index (Phi) is 5.77. The normalized spacial score (nSPS) is 19.4. The molecule has 1 fully saturated rings. The van der Waals surface area contributed by atoms with Crippen LogP contribution < -0.4 is 10.6 Å². The van der Waals surface area contributed by atoms with Gasteiger partial charge in [-0.1, -0.05) is 18.9 Å². The van der Waals surface area contributed by atoms with E-state index in [1.807, 2.05) is 6.07 Å². The summed E-state index contributed by atoms with van der Waals surface area (Å²) in [6.07, 6.45) is 6.59. The third-order valence-electron chi connectivity index (χ3n) is 4.56. The van der Waals surface area contributed by atoms with E-state index >= 15 is 0 Å². The summed E-state index contributed by atoms with van der Waals surface area (Å²) in [6, 6.07) is 8.71. The molecule has 2 unspecified atom stereocenters. The third-order valence-corrected chi connectivity index (χ3v) is 4.56. The fourth-order valence-electron chi connectivity index (χ4n) is 3.14. The quantitative estimate of drug-likeness (QED) is 0.763. The van der Waals surface area contributed by atoms with Gasteiger partial charge in [-0.15, -0.1) is 0 Å². The van der Waals surface area contributed by atoms with Crippen molar-refractivity contribution < 1.29 is 9.90 Å². The maximum atomic E-state index is 12.6. The Hall–Kier alpha value is -2.98. The lowest BCUT2D eigenvalue weighted by molar-refractivity contribution is 0.0763. The van der Waals surface area contributed by atoms with Crippen LogP contribution in [0.15, 0.2) is 36.7 Å². The van der Waals surface area contributed by atoms with Crippen LogP contribution in [-0.4, -0.2) is 33.6 Å². The minimum absolute atomic E-state index is 0.147. The molecule has 0 radical (unpaired) electrons. The molecule has 3 N–H and O–H groups in total. The van der Waals surface area contributed by atoms with Gasteiger partial charge in [0.2, 0.25) is 0 Å². The Morgan fingerprint density at radius 2 is 2.08 bits per heavy atom. The van der Waals surface area contributed by atoms with E-state index in [2.05, 4.69) is 20.6 Å². The molecule has 1 heterocycles. The van der Waals surface area contributed by atoms with Crippen molar-refractivity contribution in [3.05, 3.63) is 47.9 Å². The molecule has 134 valence electrons. The van der Waals surface area contributed by atoms with Crippen LogP contribution in [0.4, 0.5) is 11.5 Å². The van der Waals surface area contributed by atoms with Crippen molar-refractivity contribution in [3.63, 3.8) is 0 Å². The van der Waals surface area contributed by atoms with Crippen LogP contribution in [0.2, 0.25) is 0 Å². The van der Waals surface area contributed by atoms with Gasteiger partial charge < -0.3 is 15.7 Å². The van der Waals surface area contributed by atoms with Crippen molar-refractivity contribution in [2.75, 3.05) is 17.2 Å². The lowest BCUT2D eigenvalue weighted by atomic mass is 9.86. The number of carbonyl (C=O) groups is 1. The first-order valence-electron chi connectivity index (χ1n) is 8.72. The van der Waals surface area contributed by atoms with E-state index in [1.54, 1.807) is 24.3 Å². The van der Waals surface area contributed by atoms with E-state index in [-0.39, 0.29) is 17.7 Å². The largest absolute Gasteiger partial charge is 0.393 e. The van der Waals surface area contributed by atoms with E-state index in [4.69, 9.17) is 5.26 Å². The number of nitriles is 1. The molecule has 1 saturated carbocycles. The number of hydrogen-bond donors (Lipinski definition) is 3. The Morgan fingerprint density at radius 3 is 2.88 bits per heavy atom. The summed E-state index contributed by atoms with van der Waals surface area (Å²) < 4.78 is 0. The van der Waals surface area contributed by atoms with Crippen LogP contribution in [0.3, 0.4) is 0 Å². The topological polar surface area (TPSA) is 111 Å². The molecule has 2 aromatic rings. The van der Waals surface area contributed by atoms with Gasteiger partial charge in [-0.3, -0.25) is 4.79 Å². The first-order valence-corrected chi connectivity index (χ1v) is 8.72. The van der Waals surface area contributed by atoms with E-state index in [0.29, 0.717) is 23.6 Å². The molecule has 0 spiro atoms. The molecule has 3 rings (SSSR count). The van der Waals surface area contributed by atoms with E-state index in [1.165, 1.54) is 12.4 Å². The summed E-state index contributed by atoms with van der Waals surface area (Å²) in [4.78, 5) is 20.9. The molecule has 1 aromatic heterocycles. The summed E-state index contributed by atoms with van der Waals surface area (Å²) in [7, 11) is 0. The zero-order valence-electron chi connectivity index (χ0n) is 14.4. The first-order chi connectivity index (χ1) is 12.7. The second-order valence-electron chi connectivity index (χ2n) is 6.39. The van der Waals surface area contributed by atoms with Gasteiger partial charge in [-0.25, -0.2) is 9.97 Å². The third kappa shape index (κ3) is 4.35. The number of rotatable bonds is 5. The molecular formula is C19H21N5O2. The number of aliphatic hydroxyl groups excluding tert-OH is 1. The molecule has 7 nitrogen and oxygen atoms in total. The maximum Gasteiger partial charge on any atom is 0.278 e. The van der Waals surface area contributed by atoms with Crippen LogP contribution in [-0.2, 0) is 0 Å². The number of hydrogen-bond acceptors (Lipinski definition) is 6. The molecule has 1 aromatic carbocycles. The van der Waals surface area contributed by atoms with Gasteiger partial charge in [0.1, 0.15) is 0 Å². The monoisotopic (exact) mass is 351 g/mol. The summed E-state index contributed by atoms with van der Waals surface area (Å²) >= 11 is 0. The molecule has 2 atom stereocenters. The smallest absolute Gasteiger partial charge is 0.278 e. The second kappa shape index (κ2) is 8.41. The lowest BCUT2D eigenvalue weighted by Gasteiger charge is -2.27. The average molecular weight is 351 g/mol. The van der Waals surface area contributed by atoms with Gasteiger partial charge in [0.25, 0.3) is 5.91 Å². The van der Waals surface area contributed by atoms with Gasteiger partial charge >= 0.3 is 0 Å². The Bertz CT molecular complexity index is 818. The van der Waals surface area contributed by atoms with Crippen molar-refractivity contribution in [1.82, 2.24) is 9.97 Å². The number of anilines is 2.